The summed E-state index contributed by atoms with van der Waals surface area (Å²) in [5, 5.41) is 3.22. The molecule has 23 heavy (non-hydrogen) atoms. The first-order chi connectivity index (χ1) is 11.2. The molecule has 2 rings (SSSR count). The zero-order valence-electron chi connectivity index (χ0n) is 13.3. The SMILES string of the molecule is C=CCOc1ccc(CNc2ccc(F)cc2OC)cc1OC. The van der Waals surface area contributed by atoms with Gasteiger partial charge in [-0.15, -0.1) is 0 Å². The van der Waals surface area contributed by atoms with Crippen molar-refractivity contribution >= 4 is 5.69 Å². The van der Waals surface area contributed by atoms with Gasteiger partial charge in [0.1, 0.15) is 18.2 Å². The molecule has 0 saturated carbocycles. The van der Waals surface area contributed by atoms with Crippen LogP contribution in [0.15, 0.2) is 49.1 Å². The van der Waals surface area contributed by atoms with Gasteiger partial charge in [0.05, 0.1) is 19.9 Å². The molecule has 0 radical (unpaired) electrons. The first kappa shape index (κ1) is 16.7. The molecule has 0 saturated heterocycles. The molecule has 0 atom stereocenters. The van der Waals surface area contributed by atoms with Crippen LogP contribution in [0.3, 0.4) is 0 Å². The number of hydrogen-bond acceptors (Lipinski definition) is 4. The van der Waals surface area contributed by atoms with Gasteiger partial charge >= 0.3 is 0 Å². The number of benzene rings is 2. The minimum absolute atomic E-state index is 0.335. The quantitative estimate of drug-likeness (QED) is 0.747. The average Bonchev–Trinajstić information content (AvgIpc) is 2.58. The molecule has 5 heteroatoms. The number of hydrogen-bond donors (Lipinski definition) is 1. The lowest BCUT2D eigenvalue weighted by Gasteiger charge is -2.13. The number of halogens is 1. The summed E-state index contributed by atoms with van der Waals surface area (Å²) in [5.41, 5.74) is 1.72. The highest BCUT2D eigenvalue weighted by molar-refractivity contribution is 5.57. The lowest BCUT2D eigenvalue weighted by Crippen LogP contribution is -2.03. The fourth-order valence-electron chi connectivity index (χ4n) is 2.10. The summed E-state index contributed by atoms with van der Waals surface area (Å²) in [6, 6.07) is 10.0. The Morgan fingerprint density at radius 1 is 1.04 bits per heavy atom. The molecule has 0 aromatic heterocycles. The minimum atomic E-state index is -0.335. The molecule has 0 fully saturated rings. The van der Waals surface area contributed by atoms with Crippen molar-refractivity contribution < 1.29 is 18.6 Å². The van der Waals surface area contributed by atoms with Crippen molar-refractivity contribution in [3.8, 4) is 17.2 Å². The highest BCUT2D eigenvalue weighted by Crippen LogP contribution is 2.29. The normalized spacial score (nSPS) is 10.0. The predicted molar refractivity (Wildman–Crippen MR) is 89.0 cm³/mol. The van der Waals surface area contributed by atoms with E-state index in [-0.39, 0.29) is 5.82 Å². The molecule has 2 aromatic carbocycles. The van der Waals surface area contributed by atoms with Gasteiger partial charge in [-0.25, -0.2) is 4.39 Å². The monoisotopic (exact) mass is 317 g/mol. The van der Waals surface area contributed by atoms with E-state index < -0.39 is 0 Å². The Kier molecular flexibility index (Phi) is 5.86. The third kappa shape index (κ3) is 4.39. The number of rotatable bonds is 8. The Bertz CT molecular complexity index is 673. The average molecular weight is 317 g/mol. The van der Waals surface area contributed by atoms with E-state index in [1.165, 1.54) is 19.2 Å². The fraction of sp³-hybridized carbons (Fsp3) is 0.222. The van der Waals surface area contributed by atoms with Crippen molar-refractivity contribution in [2.24, 2.45) is 0 Å². The van der Waals surface area contributed by atoms with Gasteiger partial charge in [-0.2, -0.15) is 0 Å². The Morgan fingerprint density at radius 2 is 1.83 bits per heavy atom. The van der Waals surface area contributed by atoms with Crippen LogP contribution < -0.4 is 19.5 Å². The standard InChI is InChI=1S/C18H20FNO3/c1-4-9-23-16-8-5-13(10-18(16)22-3)12-20-15-7-6-14(19)11-17(15)21-2/h4-8,10-11,20H,1,9,12H2,2-3H3. The Balaban J connectivity index is 2.10. The van der Waals surface area contributed by atoms with E-state index in [4.69, 9.17) is 14.2 Å². The summed E-state index contributed by atoms with van der Waals surface area (Å²) in [6.45, 7) is 4.58. The van der Waals surface area contributed by atoms with Gasteiger partial charge in [0.2, 0.25) is 0 Å². The van der Waals surface area contributed by atoms with Crippen molar-refractivity contribution in [2.45, 2.75) is 6.54 Å². The lowest BCUT2D eigenvalue weighted by molar-refractivity contribution is 0.326. The molecule has 2 aromatic rings. The maximum atomic E-state index is 13.2. The van der Waals surface area contributed by atoms with Crippen LogP contribution in [0.1, 0.15) is 5.56 Å². The van der Waals surface area contributed by atoms with Crippen LogP contribution in [0.4, 0.5) is 10.1 Å². The molecule has 0 aliphatic carbocycles. The third-order valence-electron chi connectivity index (χ3n) is 3.23. The summed E-state index contributed by atoms with van der Waals surface area (Å²) in [4.78, 5) is 0. The Labute approximate surface area is 135 Å². The Morgan fingerprint density at radius 3 is 2.52 bits per heavy atom. The van der Waals surface area contributed by atoms with E-state index in [0.29, 0.717) is 30.4 Å². The molecule has 122 valence electrons. The van der Waals surface area contributed by atoms with E-state index in [1.807, 2.05) is 18.2 Å². The first-order valence-electron chi connectivity index (χ1n) is 7.16. The molecule has 0 amide bonds. The highest BCUT2D eigenvalue weighted by Gasteiger charge is 2.07. The van der Waals surface area contributed by atoms with Crippen molar-refractivity contribution in [3.05, 3.63) is 60.4 Å². The first-order valence-corrected chi connectivity index (χ1v) is 7.16. The van der Waals surface area contributed by atoms with E-state index in [9.17, 15) is 4.39 Å². The van der Waals surface area contributed by atoms with Gasteiger partial charge in [-0.05, 0) is 29.8 Å². The fourth-order valence-corrected chi connectivity index (χ4v) is 2.10. The lowest BCUT2D eigenvalue weighted by atomic mass is 10.2. The van der Waals surface area contributed by atoms with Crippen molar-refractivity contribution in [2.75, 3.05) is 26.1 Å². The Hall–Kier alpha value is -2.69. The van der Waals surface area contributed by atoms with Gasteiger partial charge < -0.3 is 19.5 Å². The second-order valence-corrected chi connectivity index (χ2v) is 4.78. The van der Waals surface area contributed by atoms with E-state index in [0.717, 1.165) is 11.3 Å². The van der Waals surface area contributed by atoms with Gasteiger partial charge in [-0.1, -0.05) is 18.7 Å². The van der Waals surface area contributed by atoms with Crippen LogP contribution in [-0.4, -0.2) is 20.8 Å². The van der Waals surface area contributed by atoms with E-state index >= 15 is 0 Å². The molecule has 0 heterocycles. The van der Waals surface area contributed by atoms with Crippen LogP contribution in [0.5, 0.6) is 17.2 Å². The second kappa shape index (κ2) is 8.08. The predicted octanol–water partition coefficient (Wildman–Crippen LogP) is 4.02. The summed E-state index contributed by atoms with van der Waals surface area (Å²) in [5.74, 6) is 1.44. The van der Waals surface area contributed by atoms with E-state index in [2.05, 4.69) is 11.9 Å². The smallest absolute Gasteiger partial charge is 0.161 e. The maximum Gasteiger partial charge on any atom is 0.161 e. The maximum absolute atomic E-state index is 13.2. The van der Waals surface area contributed by atoms with Gasteiger partial charge in [0.25, 0.3) is 0 Å². The zero-order valence-corrected chi connectivity index (χ0v) is 13.3. The number of ether oxygens (including phenoxy) is 3. The van der Waals surface area contributed by atoms with Gasteiger partial charge in [-0.3, -0.25) is 0 Å². The van der Waals surface area contributed by atoms with Crippen LogP contribution in [-0.2, 0) is 6.54 Å². The molecule has 0 bridgehead atoms. The van der Waals surface area contributed by atoms with Crippen LogP contribution in [0.25, 0.3) is 0 Å². The molecular weight excluding hydrogens is 297 g/mol. The third-order valence-corrected chi connectivity index (χ3v) is 3.23. The minimum Gasteiger partial charge on any atom is -0.494 e. The molecule has 0 aliphatic heterocycles. The molecular formula is C18H20FNO3. The van der Waals surface area contributed by atoms with Gasteiger partial charge in [0.15, 0.2) is 11.5 Å². The molecule has 0 spiro atoms. The number of anilines is 1. The van der Waals surface area contributed by atoms with Crippen molar-refractivity contribution in [1.82, 2.24) is 0 Å². The van der Waals surface area contributed by atoms with Crippen LogP contribution >= 0.6 is 0 Å². The van der Waals surface area contributed by atoms with Gasteiger partial charge in [0, 0.05) is 12.6 Å². The topological polar surface area (TPSA) is 39.7 Å². The molecule has 0 aliphatic rings. The summed E-state index contributed by atoms with van der Waals surface area (Å²) in [7, 11) is 3.10. The highest BCUT2D eigenvalue weighted by atomic mass is 19.1. The summed E-state index contributed by atoms with van der Waals surface area (Å²) < 4.78 is 29.2. The number of methoxy groups -OCH3 is 2. The number of nitrogens with one attached hydrogen (secondary N) is 1. The summed E-state index contributed by atoms with van der Waals surface area (Å²) in [6.07, 6.45) is 1.68. The molecule has 1 N–H and O–H groups in total. The zero-order chi connectivity index (χ0) is 16.7. The second-order valence-electron chi connectivity index (χ2n) is 4.78. The van der Waals surface area contributed by atoms with Crippen LogP contribution in [0.2, 0.25) is 0 Å². The van der Waals surface area contributed by atoms with E-state index in [1.54, 1.807) is 19.3 Å². The summed E-state index contributed by atoms with van der Waals surface area (Å²) >= 11 is 0. The molecule has 0 unspecified atom stereocenters. The van der Waals surface area contributed by atoms with Crippen molar-refractivity contribution in [1.29, 1.82) is 0 Å². The molecule has 4 nitrogen and oxygen atoms in total. The van der Waals surface area contributed by atoms with Crippen LogP contribution in [0, 0.1) is 5.82 Å². The largest absolute Gasteiger partial charge is 0.494 e. The van der Waals surface area contributed by atoms with Crippen molar-refractivity contribution in [3.63, 3.8) is 0 Å².